The summed E-state index contributed by atoms with van der Waals surface area (Å²) in [6, 6.07) is 11.2. The van der Waals surface area contributed by atoms with Gasteiger partial charge in [0.1, 0.15) is 5.75 Å². The van der Waals surface area contributed by atoms with Gasteiger partial charge in [-0.25, -0.2) is 0 Å². The molecule has 0 unspecified atom stereocenters. The number of thioether (sulfide) groups is 1. The van der Waals surface area contributed by atoms with Gasteiger partial charge in [0, 0.05) is 16.5 Å². The second-order valence-corrected chi connectivity index (χ2v) is 12.0. The van der Waals surface area contributed by atoms with Crippen molar-refractivity contribution in [1.29, 1.82) is 0 Å². The summed E-state index contributed by atoms with van der Waals surface area (Å²) in [6.07, 6.45) is 2.27. The molecule has 1 aliphatic heterocycles. The zero-order chi connectivity index (χ0) is 28.8. The molecule has 10 heteroatoms. The summed E-state index contributed by atoms with van der Waals surface area (Å²) >= 11 is 7.96. The van der Waals surface area contributed by atoms with Crippen LogP contribution in [-0.2, 0) is 17.4 Å². The molecule has 1 aliphatic rings. The second-order valence-electron chi connectivity index (χ2n) is 10.5. The van der Waals surface area contributed by atoms with Gasteiger partial charge in [0.25, 0.3) is 0 Å². The number of aliphatic carboxylic acids is 1. The molecule has 5 nitrogen and oxygen atoms in total. The van der Waals surface area contributed by atoms with E-state index >= 15 is 0 Å². The number of hydrogen-bond donors (Lipinski definition) is 1. The molecule has 0 radical (unpaired) electrons. The molecule has 0 bridgehead atoms. The Morgan fingerprint density at radius 1 is 1.18 bits per heavy atom. The number of hydrogen-bond acceptors (Lipinski definition) is 5. The fourth-order valence-electron chi connectivity index (χ4n) is 5.55. The van der Waals surface area contributed by atoms with Gasteiger partial charge >= 0.3 is 12.1 Å². The Morgan fingerprint density at radius 2 is 1.95 bits per heavy atom. The topological polar surface area (TPSA) is 62.7 Å². The van der Waals surface area contributed by atoms with E-state index in [0.717, 1.165) is 92.2 Å². The zero-order valence-corrected chi connectivity index (χ0v) is 24.0. The van der Waals surface area contributed by atoms with E-state index in [9.17, 15) is 23.1 Å². The van der Waals surface area contributed by atoms with E-state index in [1.165, 1.54) is 23.9 Å². The van der Waals surface area contributed by atoms with Crippen LogP contribution in [0.25, 0.3) is 10.9 Å². The van der Waals surface area contributed by atoms with Crippen molar-refractivity contribution >= 4 is 40.2 Å². The molecule has 2 heterocycles. The lowest BCUT2D eigenvalue weighted by molar-refractivity contribution is -0.141. The van der Waals surface area contributed by atoms with Crippen molar-refractivity contribution in [3.8, 4) is 5.75 Å². The van der Waals surface area contributed by atoms with Crippen molar-refractivity contribution < 1.29 is 27.8 Å². The Kier molecular flexibility index (Phi) is 10.2. The number of carboxylic acids is 1. The SMILES string of the molecule is COc1ccc2ncc(Cl)c(CCCC3(CC(=O)O)CCN(CCCSc4cccc(C(F)(F)F)c4)CC3)c2c1. The van der Waals surface area contributed by atoms with Gasteiger partial charge in [-0.05, 0) is 111 Å². The van der Waals surface area contributed by atoms with Gasteiger partial charge in [0.15, 0.2) is 0 Å². The van der Waals surface area contributed by atoms with Gasteiger partial charge in [0.2, 0.25) is 0 Å². The molecule has 2 aromatic carbocycles. The highest BCUT2D eigenvalue weighted by Crippen LogP contribution is 2.41. The smallest absolute Gasteiger partial charge is 0.416 e. The lowest BCUT2D eigenvalue weighted by atomic mass is 9.72. The van der Waals surface area contributed by atoms with Gasteiger partial charge in [-0.3, -0.25) is 9.78 Å². The van der Waals surface area contributed by atoms with Crippen molar-refractivity contribution in [3.63, 3.8) is 0 Å². The number of fused-ring (bicyclic) bond motifs is 1. The maximum atomic E-state index is 12.9. The molecule has 0 spiro atoms. The Morgan fingerprint density at radius 3 is 2.65 bits per heavy atom. The molecule has 0 aliphatic carbocycles. The highest BCUT2D eigenvalue weighted by Gasteiger charge is 2.36. The van der Waals surface area contributed by atoms with Gasteiger partial charge < -0.3 is 14.7 Å². The minimum absolute atomic E-state index is 0.144. The van der Waals surface area contributed by atoms with Crippen LogP contribution in [0.15, 0.2) is 53.6 Å². The number of aromatic nitrogens is 1. The van der Waals surface area contributed by atoms with E-state index in [4.69, 9.17) is 16.3 Å². The average molecular weight is 595 g/mol. The maximum Gasteiger partial charge on any atom is 0.416 e. The standard InChI is InChI=1S/C30H34ClF3N2O3S/c1-39-22-8-9-27-25(18-22)24(26(31)20-35-27)7-3-10-29(19-28(37)38)11-14-36(15-12-29)13-4-16-40-23-6-2-5-21(17-23)30(32,33)34/h2,5-6,8-9,17-18,20H,3-4,7,10-16,19H2,1H3,(H,37,38). The van der Waals surface area contributed by atoms with E-state index in [1.807, 2.05) is 18.2 Å². The number of pyridine rings is 1. The molecular weight excluding hydrogens is 561 g/mol. The van der Waals surface area contributed by atoms with Gasteiger partial charge in [0.05, 0.1) is 29.6 Å². The number of rotatable bonds is 12. The molecule has 0 atom stereocenters. The van der Waals surface area contributed by atoms with E-state index in [0.29, 0.717) is 9.92 Å². The number of ether oxygens (including phenoxy) is 1. The average Bonchev–Trinajstić information content (AvgIpc) is 2.92. The Hall–Kier alpha value is -2.49. The number of aryl methyl sites for hydroxylation is 1. The lowest BCUT2D eigenvalue weighted by Crippen LogP contribution is -2.41. The summed E-state index contributed by atoms with van der Waals surface area (Å²) in [5, 5.41) is 11.2. The summed E-state index contributed by atoms with van der Waals surface area (Å²) < 4.78 is 44.2. The molecule has 1 aromatic heterocycles. The van der Waals surface area contributed by atoms with E-state index in [2.05, 4.69) is 9.88 Å². The molecule has 3 aromatic rings. The van der Waals surface area contributed by atoms with Crippen LogP contribution in [0.4, 0.5) is 13.2 Å². The monoisotopic (exact) mass is 594 g/mol. The normalized spacial score (nSPS) is 15.8. The number of halogens is 4. The molecule has 1 saturated heterocycles. The third kappa shape index (κ3) is 8.04. The van der Waals surface area contributed by atoms with Crippen molar-refractivity contribution in [2.24, 2.45) is 5.41 Å². The number of alkyl halides is 3. The number of carbonyl (C=O) groups is 1. The van der Waals surface area contributed by atoms with Gasteiger partial charge in [-0.1, -0.05) is 17.7 Å². The van der Waals surface area contributed by atoms with E-state index in [-0.39, 0.29) is 11.8 Å². The van der Waals surface area contributed by atoms with Crippen LogP contribution in [0.1, 0.15) is 49.7 Å². The zero-order valence-electron chi connectivity index (χ0n) is 22.5. The highest BCUT2D eigenvalue weighted by atomic mass is 35.5. The first kappa shape index (κ1) is 30.5. The summed E-state index contributed by atoms with van der Waals surface area (Å²) in [4.78, 5) is 19.2. The molecule has 0 amide bonds. The lowest BCUT2D eigenvalue weighted by Gasteiger charge is -2.41. The third-order valence-electron chi connectivity index (χ3n) is 7.76. The summed E-state index contributed by atoms with van der Waals surface area (Å²) in [5.74, 6) is 0.688. The Labute approximate surface area is 242 Å². The van der Waals surface area contributed by atoms with Crippen molar-refractivity contribution in [1.82, 2.24) is 9.88 Å². The predicted molar refractivity (Wildman–Crippen MR) is 153 cm³/mol. The minimum atomic E-state index is -4.33. The molecule has 216 valence electrons. The van der Waals surface area contributed by atoms with Crippen molar-refractivity contribution in [3.05, 3.63) is 64.8 Å². The predicted octanol–water partition coefficient (Wildman–Crippen LogP) is 7.98. The number of carboxylic acid groups (broad SMARTS) is 1. The first-order chi connectivity index (χ1) is 19.1. The highest BCUT2D eigenvalue weighted by molar-refractivity contribution is 7.99. The number of benzene rings is 2. The number of methoxy groups -OCH3 is 1. The molecule has 0 saturated carbocycles. The molecular formula is C30H34ClF3N2O3S. The van der Waals surface area contributed by atoms with Crippen LogP contribution in [-0.4, -0.2) is 53.5 Å². The maximum absolute atomic E-state index is 12.9. The largest absolute Gasteiger partial charge is 0.497 e. The van der Waals surface area contributed by atoms with E-state index in [1.54, 1.807) is 19.4 Å². The van der Waals surface area contributed by atoms with Crippen LogP contribution in [0, 0.1) is 5.41 Å². The second kappa shape index (κ2) is 13.4. The fraction of sp³-hybridized carbons (Fsp3) is 0.467. The Balaban J connectivity index is 1.29. The van der Waals surface area contributed by atoms with Crippen LogP contribution >= 0.6 is 23.4 Å². The summed E-state index contributed by atoms with van der Waals surface area (Å²) in [5.41, 5.74) is 0.969. The van der Waals surface area contributed by atoms with Crippen molar-refractivity contribution in [2.45, 2.75) is 56.0 Å². The van der Waals surface area contributed by atoms with Crippen LogP contribution < -0.4 is 4.74 Å². The minimum Gasteiger partial charge on any atom is -0.497 e. The quantitative estimate of drug-likeness (QED) is 0.169. The summed E-state index contributed by atoms with van der Waals surface area (Å²) in [7, 11) is 1.62. The van der Waals surface area contributed by atoms with Gasteiger partial charge in [-0.15, -0.1) is 11.8 Å². The first-order valence-corrected chi connectivity index (χ1v) is 14.8. The number of likely N-dealkylation sites (tertiary alicyclic amines) is 1. The van der Waals surface area contributed by atoms with Gasteiger partial charge in [-0.2, -0.15) is 13.2 Å². The van der Waals surface area contributed by atoms with E-state index < -0.39 is 17.7 Å². The third-order valence-corrected chi connectivity index (χ3v) is 9.17. The first-order valence-electron chi connectivity index (χ1n) is 13.4. The molecule has 1 fully saturated rings. The molecule has 1 N–H and O–H groups in total. The molecule has 4 rings (SSSR count). The van der Waals surface area contributed by atoms with Crippen LogP contribution in [0.5, 0.6) is 5.75 Å². The molecule has 40 heavy (non-hydrogen) atoms. The van der Waals surface area contributed by atoms with Crippen LogP contribution in [0.3, 0.4) is 0 Å². The number of nitrogens with zero attached hydrogens (tertiary/aromatic N) is 2. The number of piperidine rings is 1. The fourth-order valence-corrected chi connectivity index (χ4v) is 6.69. The van der Waals surface area contributed by atoms with Crippen molar-refractivity contribution in [2.75, 3.05) is 32.5 Å². The van der Waals surface area contributed by atoms with Crippen LogP contribution in [0.2, 0.25) is 5.02 Å². The summed E-state index contributed by atoms with van der Waals surface area (Å²) in [6.45, 7) is 2.48. The Bertz CT molecular complexity index is 1310.